The van der Waals surface area contributed by atoms with Crippen LogP contribution in [-0.4, -0.2) is 22.8 Å². The van der Waals surface area contributed by atoms with Crippen LogP contribution in [0, 0.1) is 18.6 Å². The van der Waals surface area contributed by atoms with Crippen LogP contribution in [0.4, 0.5) is 8.78 Å². The van der Waals surface area contributed by atoms with Crippen molar-refractivity contribution in [2.45, 2.75) is 33.2 Å². The Balaban J connectivity index is 2.14. The smallest absolute Gasteiger partial charge is 0.250 e. The quantitative estimate of drug-likeness (QED) is 0.915. The molecule has 1 aromatic carbocycles. The molecule has 0 amide bonds. The van der Waals surface area contributed by atoms with Gasteiger partial charge < -0.3 is 9.73 Å². The first-order valence-electron chi connectivity index (χ1n) is 6.49. The summed E-state index contributed by atoms with van der Waals surface area (Å²) in [7, 11) is 0. The average molecular weight is 281 g/mol. The van der Waals surface area contributed by atoms with Crippen LogP contribution in [-0.2, 0) is 6.42 Å². The predicted molar refractivity (Wildman–Crippen MR) is 71.2 cm³/mol. The van der Waals surface area contributed by atoms with E-state index in [1.54, 1.807) is 6.92 Å². The van der Waals surface area contributed by atoms with E-state index in [2.05, 4.69) is 15.5 Å². The maximum absolute atomic E-state index is 13.7. The van der Waals surface area contributed by atoms with Crippen molar-refractivity contribution in [2.24, 2.45) is 0 Å². The van der Waals surface area contributed by atoms with Gasteiger partial charge in [0.2, 0.25) is 5.89 Å². The van der Waals surface area contributed by atoms with Gasteiger partial charge in [-0.05, 0) is 18.6 Å². The third-order valence-electron chi connectivity index (χ3n) is 2.84. The molecule has 2 rings (SSSR count). The van der Waals surface area contributed by atoms with Crippen LogP contribution in [0.1, 0.15) is 25.3 Å². The first-order chi connectivity index (χ1) is 9.47. The van der Waals surface area contributed by atoms with Crippen molar-refractivity contribution < 1.29 is 13.2 Å². The number of aryl methyl sites for hydroxylation is 1. The highest BCUT2D eigenvalue weighted by Gasteiger charge is 2.15. The molecule has 0 radical (unpaired) electrons. The van der Waals surface area contributed by atoms with Crippen LogP contribution >= 0.6 is 0 Å². The standard InChI is InChI=1S/C14H17F2N3O/c1-8(2)17-5-4-13-18-19-14(20-13)10-6-9(3)11(15)7-12(10)16/h6-8,17H,4-5H2,1-3H3. The lowest BCUT2D eigenvalue weighted by Crippen LogP contribution is -2.25. The third-order valence-corrected chi connectivity index (χ3v) is 2.84. The van der Waals surface area contributed by atoms with Crippen molar-refractivity contribution in [1.29, 1.82) is 0 Å². The molecule has 0 atom stereocenters. The number of benzene rings is 1. The van der Waals surface area contributed by atoms with Gasteiger partial charge in [0.25, 0.3) is 5.89 Å². The molecule has 0 aliphatic carbocycles. The fourth-order valence-corrected chi connectivity index (χ4v) is 1.75. The first kappa shape index (κ1) is 14.6. The second kappa shape index (κ2) is 6.09. The number of hydrogen-bond acceptors (Lipinski definition) is 4. The molecule has 0 saturated carbocycles. The summed E-state index contributed by atoms with van der Waals surface area (Å²) < 4.78 is 32.3. The van der Waals surface area contributed by atoms with Crippen LogP contribution in [0.5, 0.6) is 0 Å². The molecule has 6 heteroatoms. The zero-order chi connectivity index (χ0) is 14.7. The topological polar surface area (TPSA) is 51.0 Å². The SMILES string of the molecule is Cc1cc(-c2nnc(CCNC(C)C)o2)c(F)cc1F. The minimum atomic E-state index is -0.705. The summed E-state index contributed by atoms with van der Waals surface area (Å²) in [6.45, 7) is 6.33. The molecule has 0 saturated heterocycles. The minimum absolute atomic E-state index is 0.0742. The van der Waals surface area contributed by atoms with Crippen LogP contribution < -0.4 is 5.32 Å². The fraction of sp³-hybridized carbons (Fsp3) is 0.429. The molecule has 0 unspecified atom stereocenters. The highest BCUT2D eigenvalue weighted by Crippen LogP contribution is 2.24. The van der Waals surface area contributed by atoms with Crippen molar-refractivity contribution in [2.75, 3.05) is 6.54 Å². The van der Waals surface area contributed by atoms with Gasteiger partial charge in [0.05, 0.1) is 5.56 Å². The van der Waals surface area contributed by atoms with Crippen LogP contribution in [0.3, 0.4) is 0 Å². The monoisotopic (exact) mass is 281 g/mol. The molecule has 20 heavy (non-hydrogen) atoms. The zero-order valence-corrected chi connectivity index (χ0v) is 11.7. The van der Waals surface area contributed by atoms with E-state index in [9.17, 15) is 8.78 Å². The fourth-order valence-electron chi connectivity index (χ4n) is 1.75. The number of halogens is 2. The second-order valence-corrected chi connectivity index (χ2v) is 4.94. The second-order valence-electron chi connectivity index (χ2n) is 4.94. The van der Waals surface area contributed by atoms with E-state index < -0.39 is 11.6 Å². The molecule has 1 N–H and O–H groups in total. The Bertz CT molecular complexity index is 596. The molecule has 0 spiro atoms. The highest BCUT2D eigenvalue weighted by atomic mass is 19.1. The number of rotatable bonds is 5. The lowest BCUT2D eigenvalue weighted by molar-refractivity contribution is 0.481. The van der Waals surface area contributed by atoms with Gasteiger partial charge in [0.15, 0.2) is 0 Å². The van der Waals surface area contributed by atoms with Crippen LogP contribution in [0.2, 0.25) is 0 Å². The van der Waals surface area contributed by atoms with Gasteiger partial charge >= 0.3 is 0 Å². The maximum Gasteiger partial charge on any atom is 0.250 e. The van der Waals surface area contributed by atoms with E-state index in [-0.39, 0.29) is 11.5 Å². The molecule has 0 bridgehead atoms. The summed E-state index contributed by atoms with van der Waals surface area (Å²) in [4.78, 5) is 0. The number of nitrogens with zero attached hydrogens (tertiary/aromatic N) is 2. The molecule has 1 aromatic heterocycles. The normalized spacial score (nSPS) is 11.3. The van der Waals surface area contributed by atoms with Gasteiger partial charge in [0.1, 0.15) is 11.6 Å². The van der Waals surface area contributed by atoms with Crippen LogP contribution in [0.15, 0.2) is 16.5 Å². The molecular formula is C14H17F2N3O. The largest absolute Gasteiger partial charge is 0.421 e. The summed E-state index contributed by atoms with van der Waals surface area (Å²) in [5.74, 6) is -0.796. The molecule has 1 heterocycles. The van der Waals surface area contributed by atoms with Gasteiger partial charge in [-0.25, -0.2) is 8.78 Å². The Morgan fingerprint density at radius 1 is 1.20 bits per heavy atom. The summed E-state index contributed by atoms with van der Waals surface area (Å²) in [5, 5.41) is 10.9. The van der Waals surface area contributed by atoms with Crippen molar-refractivity contribution in [3.8, 4) is 11.5 Å². The molecule has 2 aromatic rings. The molecule has 108 valence electrons. The molecule has 0 aliphatic rings. The van der Waals surface area contributed by atoms with Crippen LogP contribution in [0.25, 0.3) is 11.5 Å². The van der Waals surface area contributed by atoms with Gasteiger partial charge in [-0.15, -0.1) is 10.2 Å². The minimum Gasteiger partial charge on any atom is -0.421 e. The molecule has 0 aliphatic heterocycles. The summed E-state index contributed by atoms with van der Waals surface area (Å²) in [5.41, 5.74) is 0.460. The summed E-state index contributed by atoms with van der Waals surface area (Å²) in [6, 6.07) is 2.57. The van der Waals surface area contributed by atoms with Gasteiger partial charge in [-0.1, -0.05) is 13.8 Å². The Morgan fingerprint density at radius 2 is 1.95 bits per heavy atom. The van der Waals surface area contributed by atoms with Gasteiger partial charge in [0, 0.05) is 25.1 Å². The van der Waals surface area contributed by atoms with E-state index in [0.29, 0.717) is 30.5 Å². The first-order valence-corrected chi connectivity index (χ1v) is 6.49. The average Bonchev–Trinajstić information content (AvgIpc) is 2.82. The third kappa shape index (κ3) is 3.39. The van der Waals surface area contributed by atoms with E-state index >= 15 is 0 Å². The van der Waals surface area contributed by atoms with Crippen molar-refractivity contribution >= 4 is 0 Å². The lowest BCUT2D eigenvalue weighted by Gasteiger charge is -2.05. The lowest BCUT2D eigenvalue weighted by atomic mass is 10.1. The Hall–Kier alpha value is -1.82. The van der Waals surface area contributed by atoms with Crippen molar-refractivity contribution in [3.63, 3.8) is 0 Å². The molecule has 4 nitrogen and oxygen atoms in total. The zero-order valence-electron chi connectivity index (χ0n) is 11.7. The maximum atomic E-state index is 13.7. The van der Waals surface area contributed by atoms with Gasteiger partial charge in [-0.2, -0.15) is 0 Å². The molecular weight excluding hydrogens is 264 g/mol. The Morgan fingerprint density at radius 3 is 2.65 bits per heavy atom. The molecule has 0 fully saturated rings. The van der Waals surface area contributed by atoms with E-state index in [4.69, 9.17) is 4.42 Å². The van der Waals surface area contributed by atoms with Gasteiger partial charge in [-0.3, -0.25) is 0 Å². The predicted octanol–water partition coefficient (Wildman–Crippen LogP) is 2.86. The summed E-state index contributed by atoms with van der Waals surface area (Å²) >= 11 is 0. The Labute approximate surface area is 116 Å². The number of nitrogens with one attached hydrogen (secondary N) is 1. The number of hydrogen-bond donors (Lipinski definition) is 1. The summed E-state index contributed by atoms with van der Waals surface area (Å²) in [6.07, 6.45) is 0.562. The van der Waals surface area contributed by atoms with E-state index in [1.807, 2.05) is 13.8 Å². The highest BCUT2D eigenvalue weighted by molar-refractivity contribution is 5.55. The van der Waals surface area contributed by atoms with Crippen molar-refractivity contribution in [1.82, 2.24) is 15.5 Å². The van der Waals surface area contributed by atoms with Crippen molar-refractivity contribution in [3.05, 3.63) is 35.2 Å². The number of aromatic nitrogens is 2. The van der Waals surface area contributed by atoms with E-state index in [1.165, 1.54) is 6.07 Å². The Kier molecular flexibility index (Phi) is 4.44. The van der Waals surface area contributed by atoms with E-state index in [0.717, 1.165) is 6.07 Å².